The number of nitrogens with one attached hydrogen (secondary N) is 1. The van der Waals surface area contributed by atoms with Crippen LogP contribution in [-0.4, -0.2) is 17.9 Å². The number of amides is 1. The zero-order chi connectivity index (χ0) is 20.4. The van der Waals surface area contributed by atoms with Crippen molar-refractivity contribution in [3.8, 4) is 5.75 Å². The molecule has 0 unspecified atom stereocenters. The Labute approximate surface area is 170 Å². The van der Waals surface area contributed by atoms with E-state index in [2.05, 4.69) is 21.2 Å². The molecule has 0 aromatic heterocycles. The average Bonchev–Trinajstić information content (AvgIpc) is 2.63. The highest BCUT2D eigenvalue weighted by Crippen LogP contribution is 2.32. The Bertz CT molecular complexity index is 1100. The van der Waals surface area contributed by atoms with Gasteiger partial charge in [0.25, 0.3) is 5.69 Å². The van der Waals surface area contributed by atoms with Crippen molar-refractivity contribution in [2.75, 3.05) is 12.4 Å². The topological polar surface area (TPSA) is 81.5 Å². The highest BCUT2D eigenvalue weighted by Gasteiger charge is 2.20. The quantitative estimate of drug-likeness (QED) is 0.428. The second kappa shape index (κ2) is 7.98. The van der Waals surface area contributed by atoms with E-state index in [4.69, 9.17) is 4.74 Å². The summed E-state index contributed by atoms with van der Waals surface area (Å²) in [6.07, 6.45) is 0.0343. The number of nitro groups is 1. The van der Waals surface area contributed by atoms with Crippen molar-refractivity contribution in [2.45, 2.75) is 20.3 Å². The largest absolute Gasteiger partial charge is 0.496 e. The predicted molar refractivity (Wildman–Crippen MR) is 113 cm³/mol. The normalized spacial score (nSPS) is 10.7. The first-order chi connectivity index (χ1) is 13.3. The molecule has 3 aromatic rings. The lowest BCUT2D eigenvalue weighted by molar-refractivity contribution is -0.384. The van der Waals surface area contributed by atoms with Gasteiger partial charge < -0.3 is 10.1 Å². The number of benzene rings is 3. The Morgan fingerprint density at radius 1 is 1.18 bits per heavy atom. The Morgan fingerprint density at radius 2 is 1.93 bits per heavy atom. The number of halogens is 1. The summed E-state index contributed by atoms with van der Waals surface area (Å²) in [5, 5.41) is 16.0. The Kier molecular flexibility index (Phi) is 5.65. The number of carbonyl (C=O) groups is 1. The number of ether oxygens (including phenoxy) is 1. The molecule has 1 N–H and O–H groups in total. The van der Waals surface area contributed by atoms with E-state index in [0.717, 1.165) is 26.4 Å². The van der Waals surface area contributed by atoms with Crippen LogP contribution in [0.4, 0.5) is 11.4 Å². The first-order valence-corrected chi connectivity index (χ1v) is 9.40. The predicted octanol–water partition coefficient (Wildman–Crippen LogP) is 5.32. The van der Waals surface area contributed by atoms with Gasteiger partial charge in [-0.3, -0.25) is 14.9 Å². The number of nitrogens with zero attached hydrogens (tertiary/aromatic N) is 1. The van der Waals surface area contributed by atoms with Gasteiger partial charge in [0.05, 0.1) is 18.5 Å². The maximum absolute atomic E-state index is 12.8. The molecule has 7 heteroatoms. The maximum Gasteiger partial charge on any atom is 0.293 e. The van der Waals surface area contributed by atoms with Gasteiger partial charge in [0, 0.05) is 16.1 Å². The van der Waals surface area contributed by atoms with E-state index in [1.165, 1.54) is 6.07 Å². The molecule has 0 aliphatic carbocycles. The molecule has 3 rings (SSSR count). The van der Waals surface area contributed by atoms with Crippen LogP contribution < -0.4 is 10.1 Å². The smallest absolute Gasteiger partial charge is 0.293 e. The zero-order valence-corrected chi connectivity index (χ0v) is 17.3. The third kappa shape index (κ3) is 3.99. The molecule has 0 atom stereocenters. The summed E-state index contributed by atoms with van der Waals surface area (Å²) >= 11 is 3.45. The van der Waals surface area contributed by atoms with E-state index in [1.807, 2.05) is 30.3 Å². The first kappa shape index (κ1) is 19.8. The van der Waals surface area contributed by atoms with Gasteiger partial charge in [-0.2, -0.15) is 0 Å². The molecule has 0 aliphatic heterocycles. The lowest BCUT2D eigenvalue weighted by atomic mass is 10.0. The summed E-state index contributed by atoms with van der Waals surface area (Å²) in [4.78, 5) is 23.7. The van der Waals surface area contributed by atoms with Gasteiger partial charge in [-0.1, -0.05) is 34.1 Å². The Morgan fingerprint density at radius 3 is 2.61 bits per heavy atom. The van der Waals surface area contributed by atoms with Gasteiger partial charge in [-0.15, -0.1) is 0 Å². The highest BCUT2D eigenvalue weighted by molar-refractivity contribution is 9.10. The van der Waals surface area contributed by atoms with Gasteiger partial charge >= 0.3 is 0 Å². The molecule has 0 saturated carbocycles. The van der Waals surface area contributed by atoms with Crippen LogP contribution in [0, 0.1) is 24.0 Å². The van der Waals surface area contributed by atoms with Crippen molar-refractivity contribution in [2.24, 2.45) is 0 Å². The van der Waals surface area contributed by atoms with Gasteiger partial charge in [0.1, 0.15) is 11.4 Å². The molecule has 1 amide bonds. The van der Waals surface area contributed by atoms with Crippen LogP contribution in [0.3, 0.4) is 0 Å². The highest BCUT2D eigenvalue weighted by atomic mass is 79.9. The van der Waals surface area contributed by atoms with Crippen LogP contribution in [0.5, 0.6) is 5.75 Å². The number of rotatable bonds is 5. The van der Waals surface area contributed by atoms with Crippen LogP contribution >= 0.6 is 15.9 Å². The van der Waals surface area contributed by atoms with Gasteiger partial charge in [0.2, 0.25) is 5.91 Å². The van der Waals surface area contributed by atoms with Crippen LogP contribution in [0.25, 0.3) is 10.8 Å². The van der Waals surface area contributed by atoms with Crippen LogP contribution in [0.15, 0.2) is 46.9 Å². The minimum absolute atomic E-state index is 0.0343. The van der Waals surface area contributed by atoms with Crippen LogP contribution in [-0.2, 0) is 11.2 Å². The molecule has 28 heavy (non-hydrogen) atoms. The molecule has 0 fully saturated rings. The first-order valence-electron chi connectivity index (χ1n) is 8.60. The van der Waals surface area contributed by atoms with Crippen LogP contribution in [0.2, 0.25) is 0 Å². The van der Waals surface area contributed by atoms with E-state index < -0.39 is 4.92 Å². The summed E-state index contributed by atoms with van der Waals surface area (Å²) in [6, 6.07) is 12.8. The van der Waals surface area contributed by atoms with E-state index in [1.54, 1.807) is 27.0 Å². The number of methoxy groups -OCH3 is 1. The molecule has 3 aromatic carbocycles. The van der Waals surface area contributed by atoms with E-state index in [9.17, 15) is 14.9 Å². The fraction of sp³-hybridized carbons (Fsp3) is 0.190. The number of carbonyl (C=O) groups excluding carboxylic acids is 1. The minimum atomic E-state index is -0.481. The minimum Gasteiger partial charge on any atom is -0.496 e. The summed E-state index contributed by atoms with van der Waals surface area (Å²) in [5.41, 5.74) is 2.26. The molecule has 0 bridgehead atoms. The van der Waals surface area contributed by atoms with Gasteiger partial charge in [-0.05, 0) is 53.9 Å². The molecular weight excluding hydrogens is 424 g/mol. The monoisotopic (exact) mass is 442 g/mol. The number of anilines is 1. The van der Waals surface area contributed by atoms with Crippen molar-refractivity contribution in [3.63, 3.8) is 0 Å². The molecule has 0 saturated heterocycles. The lowest BCUT2D eigenvalue weighted by Gasteiger charge is -2.14. The SMILES string of the molecule is COc1ccc2cc(Br)ccc2c1CC(=O)Nc1c(C)cc(C)cc1[N+](=O)[O-]. The Hall–Kier alpha value is -2.93. The maximum atomic E-state index is 12.8. The number of fused-ring (bicyclic) bond motifs is 1. The second-order valence-corrected chi connectivity index (χ2v) is 7.49. The molecule has 0 aliphatic rings. The molecule has 0 radical (unpaired) electrons. The fourth-order valence-corrected chi connectivity index (χ4v) is 3.69. The van der Waals surface area contributed by atoms with E-state index in [-0.39, 0.29) is 23.7 Å². The number of nitro benzene ring substituents is 1. The lowest BCUT2D eigenvalue weighted by Crippen LogP contribution is -2.17. The molecule has 0 heterocycles. The molecule has 144 valence electrons. The van der Waals surface area contributed by atoms with Crippen molar-refractivity contribution in [3.05, 3.63) is 73.7 Å². The third-order valence-electron chi connectivity index (χ3n) is 4.53. The van der Waals surface area contributed by atoms with E-state index >= 15 is 0 Å². The number of hydrogen-bond donors (Lipinski definition) is 1. The summed E-state index contributed by atoms with van der Waals surface area (Å²) in [6.45, 7) is 3.52. The summed E-state index contributed by atoms with van der Waals surface area (Å²) < 4.78 is 6.37. The van der Waals surface area contributed by atoms with Crippen LogP contribution in [0.1, 0.15) is 16.7 Å². The fourth-order valence-electron chi connectivity index (χ4n) is 3.31. The summed E-state index contributed by atoms with van der Waals surface area (Å²) in [5.74, 6) is 0.254. The van der Waals surface area contributed by atoms with Gasteiger partial charge in [0.15, 0.2) is 0 Å². The Balaban J connectivity index is 1.98. The molecule has 0 spiro atoms. The van der Waals surface area contributed by atoms with E-state index in [0.29, 0.717) is 11.3 Å². The van der Waals surface area contributed by atoms with Crippen molar-refractivity contribution in [1.29, 1.82) is 0 Å². The van der Waals surface area contributed by atoms with Crippen molar-refractivity contribution < 1.29 is 14.5 Å². The van der Waals surface area contributed by atoms with Crippen molar-refractivity contribution in [1.82, 2.24) is 0 Å². The van der Waals surface area contributed by atoms with Gasteiger partial charge in [-0.25, -0.2) is 0 Å². The average molecular weight is 443 g/mol. The number of hydrogen-bond acceptors (Lipinski definition) is 4. The number of aryl methyl sites for hydroxylation is 2. The third-order valence-corrected chi connectivity index (χ3v) is 5.02. The molecular formula is C21H19BrN2O4. The van der Waals surface area contributed by atoms with Crippen molar-refractivity contribution >= 4 is 44.0 Å². The second-order valence-electron chi connectivity index (χ2n) is 6.57. The summed E-state index contributed by atoms with van der Waals surface area (Å²) in [7, 11) is 1.55. The molecule has 6 nitrogen and oxygen atoms in total. The zero-order valence-electron chi connectivity index (χ0n) is 15.7. The standard InChI is InChI=1S/C21H19BrN2O4/c1-12-8-13(2)21(18(9-12)24(26)27)23-20(25)11-17-16-6-5-15(22)10-14(16)4-7-19(17)28-3/h4-10H,11H2,1-3H3,(H,23,25).